The molecule has 0 radical (unpaired) electrons. The lowest BCUT2D eigenvalue weighted by atomic mass is 10.1. The van der Waals surface area contributed by atoms with Crippen molar-refractivity contribution >= 4 is 0 Å². The van der Waals surface area contributed by atoms with Gasteiger partial charge in [-0.3, -0.25) is 0 Å². The molecule has 0 aliphatic rings. The Morgan fingerprint density at radius 1 is 1.08 bits per heavy atom. The summed E-state index contributed by atoms with van der Waals surface area (Å²) in [6.07, 6.45) is -7.69. The SMILES string of the molecule is Cc1ccc([C@@H](F)C(F)(F)F)cc1. The number of aryl methyl sites for hydroxylation is 1. The molecule has 1 aromatic rings. The molecule has 13 heavy (non-hydrogen) atoms. The van der Waals surface area contributed by atoms with Gasteiger partial charge in [0.05, 0.1) is 0 Å². The van der Waals surface area contributed by atoms with Gasteiger partial charge in [-0.05, 0) is 12.5 Å². The first-order chi connectivity index (χ1) is 5.91. The van der Waals surface area contributed by atoms with Gasteiger partial charge in [0.1, 0.15) is 0 Å². The summed E-state index contributed by atoms with van der Waals surface area (Å²) in [5.74, 6) is 0. The first-order valence-corrected chi connectivity index (χ1v) is 3.68. The Morgan fingerprint density at radius 3 is 1.92 bits per heavy atom. The zero-order valence-electron chi connectivity index (χ0n) is 6.90. The lowest BCUT2D eigenvalue weighted by Crippen LogP contribution is -2.16. The Balaban J connectivity index is 2.90. The maximum atomic E-state index is 12.6. The molecule has 0 saturated heterocycles. The highest BCUT2D eigenvalue weighted by molar-refractivity contribution is 5.23. The summed E-state index contributed by atoms with van der Waals surface area (Å²) in [5.41, 5.74) is 0.455. The number of alkyl halides is 4. The molecule has 0 saturated carbocycles. The van der Waals surface area contributed by atoms with Crippen LogP contribution < -0.4 is 0 Å². The van der Waals surface area contributed by atoms with Crippen molar-refractivity contribution in [3.05, 3.63) is 35.4 Å². The fourth-order valence-electron chi connectivity index (χ4n) is 0.924. The molecule has 0 aromatic heterocycles. The minimum Gasteiger partial charge on any atom is -0.232 e. The standard InChI is InChI=1S/C9H8F4/c1-6-2-4-7(5-3-6)8(10)9(11,12)13/h2-5,8H,1H3/t8-/m1/s1. The number of rotatable bonds is 1. The molecular weight excluding hydrogens is 184 g/mol. The van der Waals surface area contributed by atoms with Crippen molar-refractivity contribution in [3.63, 3.8) is 0 Å². The number of halogens is 4. The second-order valence-electron chi connectivity index (χ2n) is 2.81. The van der Waals surface area contributed by atoms with Crippen LogP contribution in [-0.4, -0.2) is 6.18 Å². The molecule has 0 heterocycles. The predicted octanol–water partition coefficient (Wildman–Crippen LogP) is 3.57. The van der Waals surface area contributed by atoms with E-state index in [0.717, 1.165) is 17.7 Å². The van der Waals surface area contributed by atoms with E-state index in [0.29, 0.717) is 0 Å². The third-order valence-electron chi connectivity index (χ3n) is 1.66. The van der Waals surface area contributed by atoms with Crippen molar-refractivity contribution in [2.45, 2.75) is 19.3 Å². The fourth-order valence-corrected chi connectivity index (χ4v) is 0.924. The lowest BCUT2D eigenvalue weighted by Gasteiger charge is -2.12. The fraction of sp³-hybridized carbons (Fsp3) is 0.333. The van der Waals surface area contributed by atoms with Crippen LogP contribution in [-0.2, 0) is 0 Å². The minimum absolute atomic E-state index is 0.349. The van der Waals surface area contributed by atoms with E-state index >= 15 is 0 Å². The average molecular weight is 192 g/mol. The second kappa shape index (κ2) is 3.36. The maximum Gasteiger partial charge on any atom is 0.423 e. The summed E-state index contributed by atoms with van der Waals surface area (Å²) < 4.78 is 48.2. The molecule has 1 aromatic carbocycles. The molecule has 0 nitrogen and oxygen atoms in total. The van der Waals surface area contributed by atoms with Gasteiger partial charge >= 0.3 is 6.18 Å². The number of benzene rings is 1. The maximum absolute atomic E-state index is 12.6. The van der Waals surface area contributed by atoms with E-state index in [-0.39, 0.29) is 5.56 Å². The van der Waals surface area contributed by atoms with Crippen LogP contribution in [0.2, 0.25) is 0 Å². The normalized spacial score (nSPS) is 14.2. The third kappa shape index (κ3) is 2.44. The summed E-state index contributed by atoms with van der Waals surface area (Å²) in [5, 5.41) is 0. The van der Waals surface area contributed by atoms with Crippen LogP contribution in [0.1, 0.15) is 17.3 Å². The molecule has 0 amide bonds. The monoisotopic (exact) mass is 192 g/mol. The smallest absolute Gasteiger partial charge is 0.232 e. The molecule has 0 aliphatic heterocycles. The highest BCUT2D eigenvalue weighted by Gasteiger charge is 2.41. The van der Waals surface area contributed by atoms with Crippen molar-refractivity contribution in [1.82, 2.24) is 0 Å². The van der Waals surface area contributed by atoms with Gasteiger partial charge in [-0.2, -0.15) is 13.2 Å². The van der Waals surface area contributed by atoms with Gasteiger partial charge in [-0.25, -0.2) is 4.39 Å². The van der Waals surface area contributed by atoms with Gasteiger partial charge in [-0.15, -0.1) is 0 Å². The summed E-state index contributed by atoms with van der Waals surface area (Å²) in [6.45, 7) is 1.73. The molecule has 0 fully saturated rings. The Kier molecular flexibility index (Phi) is 2.59. The largest absolute Gasteiger partial charge is 0.423 e. The molecular formula is C9H8F4. The van der Waals surface area contributed by atoms with Crippen LogP contribution in [0, 0.1) is 6.92 Å². The average Bonchev–Trinajstić information content (AvgIpc) is 2.03. The van der Waals surface area contributed by atoms with Crippen molar-refractivity contribution in [3.8, 4) is 0 Å². The van der Waals surface area contributed by atoms with Gasteiger partial charge in [-0.1, -0.05) is 29.8 Å². The van der Waals surface area contributed by atoms with Crippen LogP contribution in [0.3, 0.4) is 0 Å². The van der Waals surface area contributed by atoms with E-state index in [1.54, 1.807) is 6.92 Å². The molecule has 0 aliphatic carbocycles. The zero-order chi connectivity index (χ0) is 10.1. The van der Waals surface area contributed by atoms with Crippen LogP contribution >= 0.6 is 0 Å². The summed E-state index contributed by atoms with van der Waals surface area (Å²) in [6, 6.07) is 5.20. The van der Waals surface area contributed by atoms with Crippen LogP contribution in [0.25, 0.3) is 0 Å². The number of hydrogen-bond donors (Lipinski definition) is 0. The van der Waals surface area contributed by atoms with Gasteiger partial charge in [0.25, 0.3) is 0 Å². The van der Waals surface area contributed by atoms with E-state index in [4.69, 9.17) is 0 Å². The van der Waals surface area contributed by atoms with Crippen LogP contribution in [0.15, 0.2) is 24.3 Å². The third-order valence-corrected chi connectivity index (χ3v) is 1.66. The summed E-state index contributed by atoms with van der Waals surface area (Å²) >= 11 is 0. The molecule has 1 atom stereocenters. The minimum atomic E-state index is -4.81. The van der Waals surface area contributed by atoms with Gasteiger partial charge < -0.3 is 0 Å². The van der Waals surface area contributed by atoms with Gasteiger partial charge in [0.15, 0.2) is 0 Å². The van der Waals surface area contributed by atoms with E-state index in [1.807, 2.05) is 0 Å². The van der Waals surface area contributed by atoms with Crippen molar-refractivity contribution in [2.24, 2.45) is 0 Å². The highest BCUT2D eigenvalue weighted by atomic mass is 19.4. The van der Waals surface area contributed by atoms with E-state index < -0.39 is 12.3 Å². The van der Waals surface area contributed by atoms with Gasteiger partial charge in [0, 0.05) is 0 Å². The molecule has 0 bridgehead atoms. The molecule has 0 spiro atoms. The first-order valence-electron chi connectivity index (χ1n) is 3.68. The second-order valence-corrected chi connectivity index (χ2v) is 2.81. The predicted molar refractivity (Wildman–Crippen MR) is 41.1 cm³/mol. The Morgan fingerprint density at radius 2 is 1.54 bits per heavy atom. The van der Waals surface area contributed by atoms with Crippen molar-refractivity contribution in [1.29, 1.82) is 0 Å². The van der Waals surface area contributed by atoms with Crippen molar-refractivity contribution in [2.75, 3.05) is 0 Å². The van der Waals surface area contributed by atoms with Gasteiger partial charge in [0.2, 0.25) is 6.17 Å². The zero-order valence-corrected chi connectivity index (χ0v) is 6.90. The molecule has 72 valence electrons. The highest BCUT2D eigenvalue weighted by Crippen LogP contribution is 2.35. The molecule has 0 N–H and O–H groups in total. The van der Waals surface area contributed by atoms with E-state index in [2.05, 4.69) is 0 Å². The van der Waals surface area contributed by atoms with Crippen LogP contribution in [0.4, 0.5) is 17.6 Å². The molecule has 4 heteroatoms. The summed E-state index contributed by atoms with van der Waals surface area (Å²) in [4.78, 5) is 0. The van der Waals surface area contributed by atoms with E-state index in [1.165, 1.54) is 12.1 Å². The molecule has 0 unspecified atom stereocenters. The molecule has 1 rings (SSSR count). The topological polar surface area (TPSA) is 0 Å². The Hall–Kier alpha value is -1.06. The first kappa shape index (κ1) is 10.0. The Bertz CT molecular complexity index is 273. The van der Waals surface area contributed by atoms with Crippen LogP contribution in [0.5, 0.6) is 0 Å². The number of hydrogen-bond acceptors (Lipinski definition) is 0. The van der Waals surface area contributed by atoms with E-state index in [9.17, 15) is 17.6 Å². The Labute approximate surface area is 73.2 Å². The summed E-state index contributed by atoms with van der Waals surface area (Å²) in [7, 11) is 0. The quantitative estimate of drug-likeness (QED) is 0.596. The lowest BCUT2D eigenvalue weighted by molar-refractivity contribution is -0.182. The van der Waals surface area contributed by atoms with Crippen molar-refractivity contribution < 1.29 is 17.6 Å².